The molecule has 2 rings (SSSR count). The fourth-order valence-corrected chi connectivity index (χ4v) is 5.38. The summed E-state index contributed by atoms with van der Waals surface area (Å²) in [5.74, 6) is -0.381. The summed E-state index contributed by atoms with van der Waals surface area (Å²) in [5, 5.41) is 0. The molecule has 1 aliphatic rings. The van der Waals surface area contributed by atoms with Crippen molar-refractivity contribution in [2.45, 2.75) is 30.5 Å². The summed E-state index contributed by atoms with van der Waals surface area (Å²) in [6.07, 6.45) is -0.413. The van der Waals surface area contributed by atoms with Gasteiger partial charge in [0.1, 0.15) is 0 Å². The second kappa shape index (κ2) is 7.10. The standard InChI is InChI=1S/C15H21FINO4/c1-15(2,3)22-14(19)18-7-8-21-13(10-18)17(20)12-6-4-5-11(16)9-12/h4-6,9,13,20H,7-8,10H2,1-3H3. The number of ether oxygens (including phenoxy) is 2. The SMILES string of the molecule is CC(C)(C)OC(=O)N1CCOC(I(O)c2cccc(F)c2)C1. The van der Waals surface area contributed by atoms with Crippen molar-refractivity contribution in [2.75, 3.05) is 19.7 Å². The first-order valence-corrected chi connectivity index (χ1v) is 10.3. The summed E-state index contributed by atoms with van der Waals surface area (Å²) in [4.78, 5) is 13.6. The quantitative estimate of drug-likeness (QED) is 0.585. The molecule has 0 radical (unpaired) electrons. The summed E-state index contributed by atoms with van der Waals surface area (Å²) in [7, 11) is 0. The average Bonchev–Trinajstić information content (AvgIpc) is 2.45. The molecule has 1 amide bonds. The van der Waals surface area contributed by atoms with E-state index < -0.39 is 36.0 Å². The van der Waals surface area contributed by atoms with E-state index in [0.717, 1.165) is 0 Å². The van der Waals surface area contributed by atoms with Gasteiger partial charge in [-0.1, -0.05) is 0 Å². The summed E-state index contributed by atoms with van der Waals surface area (Å²) in [6.45, 7) is 6.46. The van der Waals surface area contributed by atoms with Gasteiger partial charge in [-0.05, 0) is 0 Å². The van der Waals surface area contributed by atoms with Gasteiger partial charge in [0.05, 0.1) is 0 Å². The van der Waals surface area contributed by atoms with Crippen molar-refractivity contribution in [2.24, 2.45) is 0 Å². The van der Waals surface area contributed by atoms with E-state index in [1.165, 1.54) is 12.1 Å². The molecule has 1 aromatic carbocycles. The van der Waals surface area contributed by atoms with Gasteiger partial charge in [-0.3, -0.25) is 0 Å². The van der Waals surface area contributed by atoms with Gasteiger partial charge in [0.2, 0.25) is 0 Å². The third-order valence-corrected chi connectivity index (χ3v) is 6.93. The monoisotopic (exact) mass is 425 g/mol. The second-order valence-corrected chi connectivity index (χ2v) is 10.2. The van der Waals surface area contributed by atoms with Gasteiger partial charge in [-0.25, -0.2) is 0 Å². The summed E-state index contributed by atoms with van der Waals surface area (Å²) in [6, 6.07) is 5.94. The van der Waals surface area contributed by atoms with Crippen LogP contribution in [0.1, 0.15) is 20.8 Å². The number of carbonyl (C=O) groups is 1. The molecular weight excluding hydrogens is 404 g/mol. The first-order valence-electron chi connectivity index (χ1n) is 6.99. The molecular formula is C15H21FINO4. The van der Waals surface area contributed by atoms with E-state index >= 15 is 0 Å². The number of morpholine rings is 1. The third kappa shape index (κ3) is 4.79. The minimum absolute atomic E-state index is 0.271. The molecule has 0 aromatic heterocycles. The van der Waals surface area contributed by atoms with Crippen LogP contribution < -0.4 is 0 Å². The fourth-order valence-electron chi connectivity index (χ4n) is 1.95. The molecule has 1 unspecified atom stereocenters. The zero-order chi connectivity index (χ0) is 16.3. The summed E-state index contributed by atoms with van der Waals surface area (Å²) in [5.41, 5.74) is -0.565. The Labute approximate surface area is 137 Å². The molecule has 1 saturated heterocycles. The van der Waals surface area contributed by atoms with Gasteiger partial charge >= 0.3 is 137 Å². The van der Waals surface area contributed by atoms with Gasteiger partial charge < -0.3 is 0 Å². The van der Waals surface area contributed by atoms with Crippen LogP contribution in [0.2, 0.25) is 0 Å². The van der Waals surface area contributed by atoms with Gasteiger partial charge in [0.15, 0.2) is 0 Å². The van der Waals surface area contributed by atoms with E-state index in [1.807, 2.05) is 0 Å². The predicted molar refractivity (Wildman–Crippen MR) is 88.9 cm³/mol. The molecule has 22 heavy (non-hydrogen) atoms. The number of amides is 1. The topological polar surface area (TPSA) is 59.0 Å². The number of benzene rings is 1. The molecule has 0 bridgehead atoms. The Bertz CT molecular complexity index is 535. The van der Waals surface area contributed by atoms with Crippen LogP contribution in [0.15, 0.2) is 24.3 Å². The number of halogens is 2. The van der Waals surface area contributed by atoms with Crippen LogP contribution in [-0.4, -0.2) is 43.8 Å². The van der Waals surface area contributed by atoms with E-state index in [1.54, 1.807) is 37.8 Å². The predicted octanol–water partition coefficient (Wildman–Crippen LogP) is 3.00. The number of alkyl halides is 1. The zero-order valence-electron chi connectivity index (χ0n) is 12.9. The van der Waals surface area contributed by atoms with Crippen molar-refractivity contribution in [1.29, 1.82) is 0 Å². The van der Waals surface area contributed by atoms with Crippen LogP contribution in [0.4, 0.5) is 9.18 Å². The second-order valence-electron chi connectivity index (χ2n) is 5.94. The Morgan fingerprint density at radius 2 is 2.23 bits per heavy atom. The molecule has 0 saturated carbocycles. The number of carbonyl (C=O) groups excluding carboxylic acids is 1. The first kappa shape index (κ1) is 17.4. The Morgan fingerprint density at radius 3 is 2.86 bits per heavy atom. The molecule has 1 N–H and O–H groups in total. The maximum absolute atomic E-state index is 13.3. The van der Waals surface area contributed by atoms with Crippen molar-refractivity contribution < 1.29 is 22.1 Å². The van der Waals surface area contributed by atoms with E-state index in [4.69, 9.17) is 9.47 Å². The molecule has 1 aliphatic heterocycles. The normalized spacial score (nSPS) is 19.8. The van der Waals surface area contributed by atoms with Crippen LogP contribution in [0.3, 0.4) is 0 Å². The summed E-state index contributed by atoms with van der Waals surface area (Å²) >= 11 is -2.71. The minimum atomic E-state index is -2.71. The van der Waals surface area contributed by atoms with E-state index in [-0.39, 0.29) is 12.4 Å². The van der Waals surface area contributed by atoms with E-state index in [9.17, 15) is 12.6 Å². The van der Waals surface area contributed by atoms with Crippen molar-refractivity contribution in [3.05, 3.63) is 33.7 Å². The Hall–Kier alpha value is -0.930. The number of hydrogen-bond donors (Lipinski definition) is 1. The van der Waals surface area contributed by atoms with E-state index in [2.05, 4.69) is 0 Å². The number of nitrogens with zero attached hydrogens (tertiary/aromatic N) is 1. The number of hydrogen-bond acceptors (Lipinski definition) is 4. The zero-order valence-corrected chi connectivity index (χ0v) is 15.0. The summed E-state index contributed by atoms with van der Waals surface area (Å²) < 4.78 is 34.8. The van der Waals surface area contributed by atoms with Gasteiger partial charge in [0, 0.05) is 0 Å². The van der Waals surface area contributed by atoms with Crippen LogP contribution in [0.5, 0.6) is 0 Å². The van der Waals surface area contributed by atoms with E-state index in [0.29, 0.717) is 16.7 Å². The van der Waals surface area contributed by atoms with Crippen LogP contribution >= 0.6 is 20.2 Å². The van der Waals surface area contributed by atoms with Crippen molar-refractivity contribution in [3.63, 3.8) is 0 Å². The van der Waals surface area contributed by atoms with Crippen LogP contribution in [-0.2, 0) is 9.47 Å². The molecule has 1 aromatic rings. The fraction of sp³-hybridized carbons (Fsp3) is 0.533. The van der Waals surface area contributed by atoms with Gasteiger partial charge in [-0.15, -0.1) is 0 Å². The third-order valence-electron chi connectivity index (χ3n) is 2.92. The molecule has 5 nitrogen and oxygen atoms in total. The maximum atomic E-state index is 13.3. The molecule has 0 spiro atoms. The molecule has 1 fully saturated rings. The van der Waals surface area contributed by atoms with Crippen LogP contribution in [0.25, 0.3) is 0 Å². The van der Waals surface area contributed by atoms with Gasteiger partial charge in [0.25, 0.3) is 0 Å². The molecule has 1 atom stereocenters. The van der Waals surface area contributed by atoms with Gasteiger partial charge in [-0.2, -0.15) is 0 Å². The molecule has 0 aliphatic carbocycles. The molecule has 7 heteroatoms. The number of rotatable bonds is 2. The van der Waals surface area contributed by atoms with Crippen LogP contribution in [0, 0.1) is 9.39 Å². The van der Waals surface area contributed by atoms with Crippen molar-refractivity contribution >= 4 is 26.3 Å². The average molecular weight is 425 g/mol. The Morgan fingerprint density at radius 1 is 1.50 bits per heavy atom. The van der Waals surface area contributed by atoms with Crippen molar-refractivity contribution in [3.8, 4) is 0 Å². The Kier molecular flexibility index (Phi) is 5.62. The first-order chi connectivity index (χ1) is 10.3. The van der Waals surface area contributed by atoms with Crippen molar-refractivity contribution in [1.82, 2.24) is 4.90 Å². The molecule has 124 valence electrons. The Balaban J connectivity index is 2.02. The molecule has 1 heterocycles.